The molecule has 4 aliphatic carbocycles. The van der Waals surface area contributed by atoms with Crippen LogP contribution >= 0.6 is 0 Å². The van der Waals surface area contributed by atoms with Crippen LogP contribution in [0.1, 0.15) is 105 Å². The van der Waals surface area contributed by atoms with Crippen molar-refractivity contribution >= 4 is 0 Å². The van der Waals surface area contributed by atoms with E-state index in [1.165, 1.54) is 70.6 Å². The third kappa shape index (κ3) is 6.02. The normalized spacial score (nSPS) is 39.0. The van der Waals surface area contributed by atoms with E-state index in [-0.39, 0.29) is 0 Å². The highest BCUT2D eigenvalue weighted by molar-refractivity contribution is 5.25. The Bertz CT molecular complexity index is 720. The lowest BCUT2D eigenvalue weighted by atomic mass is 9.47. The fourth-order valence-electron chi connectivity index (χ4n) is 8.94. The lowest BCUT2D eigenvalue weighted by Gasteiger charge is -2.58. The van der Waals surface area contributed by atoms with Gasteiger partial charge in [0, 0.05) is 20.1 Å². The lowest BCUT2D eigenvalue weighted by molar-refractivity contribution is -0.221. The molecule has 0 aliphatic heterocycles. The zero-order valence-corrected chi connectivity index (χ0v) is 24.2. The van der Waals surface area contributed by atoms with E-state index in [1.54, 1.807) is 5.57 Å². The Morgan fingerprint density at radius 2 is 1.83 bits per heavy atom. The van der Waals surface area contributed by atoms with E-state index in [1.807, 2.05) is 12.2 Å². The van der Waals surface area contributed by atoms with E-state index in [0.29, 0.717) is 16.9 Å². The van der Waals surface area contributed by atoms with Crippen molar-refractivity contribution < 1.29 is 4.84 Å². The molecular formula is C31H57N3O. The maximum atomic E-state index is 6.33. The second-order valence-corrected chi connectivity index (χ2v) is 13.9. The van der Waals surface area contributed by atoms with Crippen molar-refractivity contribution in [2.45, 2.75) is 111 Å². The third-order valence-corrected chi connectivity index (χ3v) is 11.0. The van der Waals surface area contributed by atoms with Crippen LogP contribution in [0.2, 0.25) is 0 Å². The molecule has 0 heterocycles. The zero-order chi connectivity index (χ0) is 25.2. The molecule has 0 aromatic carbocycles. The molecule has 202 valence electrons. The van der Waals surface area contributed by atoms with Crippen molar-refractivity contribution in [3.63, 3.8) is 0 Å². The van der Waals surface area contributed by atoms with Gasteiger partial charge in [-0.25, -0.2) is 5.43 Å². The van der Waals surface area contributed by atoms with Gasteiger partial charge in [-0.3, -0.25) is 4.84 Å². The molecule has 0 aromatic rings. The third-order valence-electron chi connectivity index (χ3n) is 11.0. The van der Waals surface area contributed by atoms with Gasteiger partial charge in [0.15, 0.2) is 0 Å². The maximum absolute atomic E-state index is 6.33. The Labute approximate surface area is 217 Å². The number of allylic oxidation sites excluding steroid dienone is 1. The Hall–Kier alpha value is -0.420. The first-order valence-electron chi connectivity index (χ1n) is 15.1. The van der Waals surface area contributed by atoms with Crippen LogP contribution in [0.3, 0.4) is 0 Å². The minimum Gasteiger partial charge on any atom is -0.308 e. The first-order chi connectivity index (χ1) is 16.6. The zero-order valence-electron chi connectivity index (χ0n) is 24.2. The van der Waals surface area contributed by atoms with E-state index >= 15 is 0 Å². The first kappa shape index (κ1) is 27.6. The van der Waals surface area contributed by atoms with Crippen molar-refractivity contribution in [3.8, 4) is 0 Å². The number of likely N-dealkylation sites (N-methyl/N-ethyl adjacent to an activating group) is 1. The summed E-state index contributed by atoms with van der Waals surface area (Å²) in [5, 5.41) is 1.87. The summed E-state index contributed by atoms with van der Waals surface area (Å²) in [6.07, 6.45) is 19.7. The highest BCUT2D eigenvalue weighted by atomic mass is 16.7. The van der Waals surface area contributed by atoms with Gasteiger partial charge in [0.2, 0.25) is 0 Å². The SMILES string of the molecule is CC(C)CCCCC1CCC2C3CC=C4CC(ON(C)NCCN(C)C)CCC4(C)C3CCC12C. The molecule has 0 bridgehead atoms. The molecule has 7 atom stereocenters. The number of hydrogen-bond acceptors (Lipinski definition) is 4. The summed E-state index contributed by atoms with van der Waals surface area (Å²) in [5.41, 5.74) is 6.15. The summed E-state index contributed by atoms with van der Waals surface area (Å²) in [4.78, 5) is 8.53. The fraction of sp³-hybridized carbons (Fsp3) is 0.935. The van der Waals surface area contributed by atoms with Gasteiger partial charge in [0.05, 0.1) is 6.10 Å². The number of hydrogen-bond donors (Lipinski definition) is 1. The Kier molecular flexibility index (Phi) is 9.10. The minimum absolute atomic E-state index is 0.318. The Morgan fingerprint density at radius 1 is 1.03 bits per heavy atom. The molecule has 0 aromatic heterocycles. The van der Waals surface area contributed by atoms with Crippen LogP contribution in [-0.2, 0) is 4.84 Å². The van der Waals surface area contributed by atoms with Gasteiger partial charge in [0.1, 0.15) is 0 Å². The number of fused-ring (bicyclic) bond motifs is 5. The smallest absolute Gasteiger partial charge is 0.0847 e. The van der Waals surface area contributed by atoms with Crippen LogP contribution in [0, 0.1) is 40.4 Å². The molecule has 3 saturated carbocycles. The lowest BCUT2D eigenvalue weighted by Crippen LogP contribution is -2.51. The molecule has 1 N–H and O–H groups in total. The number of nitrogens with one attached hydrogen (secondary N) is 1. The summed E-state index contributed by atoms with van der Waals surface area (Å²) in [6.45, 7) is 12.0. The Morgan fingerprint density at radius 3 is 2.57 bits per heavy atom. The molecule has 0 amide bonds. The molecule has 4 rings (SSSR count). The number of hydroxylamine groups is 1. The average Bonchev–Trinajstić information content (AvgIpc) is 3.13. The summed E-state index contributed by atoms with van der Waals surface area (Å²) < 4.78 is 0. The maximum Gasteiger partial charge on any atom is 0.0847 e. The first-order valence-corrected chi connectivity index (χ1v) is 15.1. The monoisotopic (exact) mass is 487 g/mol. The van der Waals surface area contributed by atoms with Gasteiger partial charge < -0.3 is 4.90 Å². The predicted octanol–water partition coefficient (Wildman–Crippen LogP) is 7.08. The molecule has 4 aliphatic rings. The van der Waals surface area contributed by atoms with Crippen LogP contribution in [0.15, 0.2) is 11.6 Å². The van der Waals surface area contributed by atoms with E-state index in [4.69, 9.17) is 4.84 Å². The van der Waals surface area contributed by atoms with Crippen LogP contribution in [0.25, 0.3) is 0 Å². The largest absolute Gasteiger partial charge is 0.308 e. The average molecular weight is 488 g/mol. The van der Waals surface area contributed by atoms with Crippen molar-refractivity contribution in [2.24, 2.45) is 40.4 Å². The van der Waals surface area contributed by atoms with E-state index in [0.717, 1.165) is 49.1 Å². The van der Waals surface area contributed by atoms with Gasteiger partial charge in [-0.15, -0.1) is 5.17 Å². The fourth-order valence-corrected chi connectivity index (χ4v) is 8.94. The summed E-state index contributed by atoms with van der Waals surface area (Å²) in [5.74, 6) is 4.64. The summed E-state index contributed by atoms with van der Waals surface area (Å²) in [6, 6.07) is 0. The molecular weight excluding hydrogens is 430 g/mol. The molecule has 0 spiro atoms. The van der Waals surface area contributed by atoms with Crippen LogP contribution < -0.4 is 5.43 Å². The van der Waals surface area contributed by atoms with Crippen molar-refractivity contribution in [3.05, 3.63) is 11.6 Å². The molecule has 3 fully saturated rings. The van der Waals surface area contributed by atoms with E-state index in [9.17, 15) is 0 Å². The van der Waals surface area contributed by atoms with Gasteiger partial charge in [-0.05, 0) is 112 Å². The second kappa shape index (κ2) is 11.5. The molecule has 7 unspecified atom stereocenters. The molecule has 35 heavy (non-hydrogen) atoms. The molecule has 4 heteroatoms. The van der Waals surface area contributed by atoms with E-state index < -0.39 is 0 Å². The topological polar surface area (TPSA) is 27.7 Å². The second-order valence-electron chi connectivity index (χ2n) is 13.9. The van der Waals surface area contributed by atoms with Gasteiger partial charge in [-0.1, -0.05) is 58.6 Å². The van der Waals surface area contributed by atoms with Crippen molar-refractivity contribution in [1.29, 1.82) is 0 Å². The van der Waals surface area contributed by atoms with E-state index in [2.05, 4.69) is 58.2 Å². The predicted molar refractivity (Wildman–Crippen MR) is 148 cm³/mol. The van der Waals surface area contributed by atoms with Crippen molar-refractivity contribution in [1.82, 2.24) is 15.5 Å². The highest BCUT2D eigenvalue weighted by Gasteiger charge is 2.58. The number of hydrazine groups is 1. The standard InChI is InChI=1S/C31H57N3O/c1-23(2)10-8-9-11-24-13-15-28-27-14-12-25-22-26(35-34(7)32-20-21-33(5)6)16-18-31(25,4)29(27)17-19-30(24,28)3/h12,23-24,26-29,32H,8-11,13-22H2,1-7H3. The quantitative estimate of drug-likeness (QED) is 0.191. The van der Waals surface area contributed by atoms with Gasteiger partial charge in [0.25, 0.3) is 0 Å². The van der Waals surface area contributed by atoms with Gasteiger partial charge >= 0.3 is 0 Å². The summed E-state index contributed by atoms with van der Waals surface area (Å²) >= 11 is 0. The van der Waals surface area contributed by atoms with Crippen molar-refractivity contribution in [2.75, 3.05) is 34.2 Å². The highest BCUT2D eigenvalue weighted by Crippen LogP contribution is 2.66. The molecule has 4 nitrogen and oxygen atoms in total. The number of nitrogens with zero attached hydrogens (tertiary/aromatic N) is 2. The van der Waals surface area contributed by atoms with Crippen LogP contribution in [0.5, 0.6) is 0 Å². The number of unbranched alkanes of at least 4 members (excludes halogenated alkanes) is 1. The molecule has 0 radical (unpaired) electrons. The number of rotatable bonds is 11. The summed E-state index contributed by atoms with van der Waals surface area (Å²) in [7, 11) is 6.25. The van der Waals surface area contributed by atoms with Gasteiger partial charge in [-0.2, -0.15) is 0 Å². The Balaban J connectivity index is 1.34. The minimum atomic E-state index is 0.318. The van der Waals surface area contributed by atoms with Crippen LogP contribution in [0.4, 0.5) is 0 Å². The van der Waals surface area contributed by atoms with Crippen LogP contribution in [-0.4, -0.2) is 50.4 Å². The molecule has 0 saturated heterocycles.